The van der Waals surface area contributed by atoms with Crippen LogP contribution in [-0.2, 0) is 17.4 Å². The van der Waals surface area contributed by atoms with E-state index >= 15 is 0 Å². The Labute approximate surface area is 222 Å². The van der Waals surface area contributed by atoms with Gasteiger partial charge in [0, 0.05) is 20.6 Å². The van der Waals surface area contributed by atoms with Crippen molar-refractivity contribution in [2.45, 2.75) is 43.5 Å². The fourth-order valence-electron chi connectivity index (χ4n) is 3.85. The number of alkyl halides is 3. The number of thioether (sulfide) groups is 1. The number of Topliss-reactive ketones (excluding diaryl/α,β-unsaturated/α-hetero) is 1. The zero-order chi connectivity index (χ0) is 26.6. The predicted molar refractivity (Wildman–Crippen MR) is 143 cm³/mol. The number of benzene rings is 3. The summed E-state index contributed by atoms with van der Waals surface area (Å²) in [5.41, 5.74) is 2.98. The van der Waals surface area contributed by atoms with Gasteiger partial charge in [0.15, 0.2) is 5.78 Å². The standard InChI is InChI=1S/C29H26F3NO2S2/c1-18-15-24(13-14-25(18)35-17-19(2)34)36-26(16-21-7-5-4-6-8-21)27-20(3)33-28(37-27)22-9-11-23(12-10-22)29(30,31)32/h4-15,26H,16-17H2,1-3H3/t26-/m1/s1. The maximum absolute atomic E-state index is 13.0. The lowest BCUT2D eigenvalue weighted by Gasteiger charge is -2.17. The van der Waals surface area contributed by atoms with Gasteiger partial charge in [-0.3, -0.25) is 4.79 Å². The molecule has 1 atom stereocenters. The van der Waals surface area contributed by atoms with E-state index in [0.717, 1.165) is 39.6 Å². The highest BCUT2D eigenvalue weighted by Crippen LogP contribution is 2.44. The number of carbonyl (C=O) groups excluding carboxylic acids is 1. The van der Waals surface area contributed by atoms with Gasteiger partial charge in [0.05, 0.1) is 11.3 Å². The Morgan fingerprint density at radius 3 is 2.35 bits per heavy atom. The van der Waals surface area contributed by atoms with E-state index < -0.39 is 11.7 Å². The third kappa shape index (κ3) is 7.02. The van der Waals surface area contributed by atoms with Gasteiger partial charge in [0.25, 0.3) is 0 Å². The van der Waals surface area contributed by atoms with Crippen molar-refractivity contribution in [3.05, 3.63) is 100 Å². The maximum atomic E-state index is 13.0. The predicted octanol–water partition coefficient (Wildman–Crippen LogP) is 8.49. The molecule has 192 valence electrons. The number of hydrogen-bond acceptors (Lipinski definition) is 5. The van der Waals surface area contributed by atoms with Crippen molar-refractivity contribution >= 4 is 28.9 Å². The second kappa shape index (κ2) is 11.5. The fourth-order valence-corrected chi connectivity index (χ4v) is 6.46. The molecule has 4 aromatic rings. The molecule has 0 amide bonds. The number of aryl methyl sites for hydroxylation is 2. The largest absolute Gasteiger partial charge is 0.486 e. The summed E-state index contributed by atoms with van der Waals surface area (Å²) in [5, 5.41) is 0.746. The Morgan fingerprint density at radius 2 is 1.73 bits per heavy atom. The molecule has 3 aromatic carbocycles. The Morgan fingerprint density at radius 1 is 1.03 bits per heavy atom. The third-order valence-corrected chi connectivity index (χ3v) is 8.39. The molecule has 0 bridgehead atoms. The molecule has 0 spiro atoms. The van der Waals surface area contributed by atoms with Crippen molar-refractivity contribution in [1.29, 1.82) is 0 Å². The third-order valence-electron chi connectivity index (χ3n) is 5.70. The lowest BCUT2D eigenvalue weighted by atomic mass is 10.1. The van der Waals surface area contributed by atoms with Crippen molar-refractivity contribution in [1.82, 2.24) is 4.98 Å². The van der Waals surface area contributed by atoms with E-state index in [1.807, 2.05) is 50.2 Å². The summed E-state index contributed by atoms with van der Waals surface area (Å²) in [6.07, 6.45) is -3.60. The lowest BCUT2D eigenvalue weighted by molar-refractivity contribution is -0.137. The number of aromatic nitrogens is 1. The molecular weight excluding hydrogens is 515 g/mol. The van der Waals surface area contributed by atoms with Crippen LogP contribution in [0.3, 0.4) is 0 Å². The SMILES string of the molecule is CC(=O)COc1ccc(S[C@H](Cc2ccccc2)c2sc(-c3ccc(C(F)(F)F)cc3)nc2C)cc1C. The van der Waals surface area contributed by atoms with Crippen LogP contribution in [0.15, 0.2) is 77.7 Å². The molecule has 0 aliphatic heterocycles. The summed E-state index contributed by atoms with van der Waals surface area (Å²) in [5.74, 6) is 0.642. The van der Waals surface area contributed by atoms with Crippen molar-refractivity contribution in [3.63, 3.8) is 0 Å². The van der Waals surface area contributed by atoms with Crippen molar-refractivity contribution in [3.8, 4) is 16.3 Å². The molecule has 0 saturated carbocycles. The highest BCUT2D eigenvalue weighted by Gasteiger charge is 2.30. The van der Waals surface area contributed by atoms with E-state index in [1.165, 1.54) is 36.0 Å². The smallest absolute Gasteiger partial charge is 0.416 e. The zero-order valence-corrected chi connectivity index (χ0v) is 22.3. The minimum atomic E-state index is -4.37. The van der Waals surface area contributed by atoms with E-state index in [-0.39, 0.29) is 17.6 Å². The van der Waals surface area contributed by atoms with Gasteiger partial charge in [0.1, 0.15) is 17.4 Å². The Hall–Kier alpha value is -3.10. The van der Waals surface area contributed by atoms with E-state index in [0.29, 0.717) is 16.3 Å². The maximum Gasteiger partial charge on any atom is 0.416 e. The van der Waals surface area contributed by atoms with Gasteiger partial charge in [-0.15, -0.1) is 23.1 Å². The van der Waals surface area contributed by atoms with E-state index in [1.54, 1.807) is 11.8 Å². The van der Waals surface area contributed by atoms with Crippen LogP contribution in [0, 0.1) is 13.8 Å². The molecule has 0 aliphatic rings. The quantitative estimate of drug-likeness (QED) is 0.199. The first-order valence-electron chi connectivity index (χ1n) is 11.7. The lowest BCUT2D eigenvalue weighted by Crippen LogP contribution is -2.07. The van der Waals surface area contributed by atoms with Crippen LogP contribution in [0.5, 0.6) is 5.75 Å². The molecule has 0 saturated heterocycles. The van der Waals surface area contributed by atoms with Gasteiger partial charge < -0.3 is 4.74 Å². The van der Waals surface area contributed by atoms with E-state index in [4.69, 9.17) is 9.72 Å². The zero-order valence-electron chi connectivity index (χ0n) is 20.6. The molecule has 0 fully saturated rings. The number of nitrogens with zero attached hydrogens (tertiary/aromatic N) is 1. The minimum Gasteiger partial charge on any atom is -0.486 e. The van der Waals surface area contributed by atoms with Crippen molar-refractivity contribution < 1.29 is 22.7 Å². The number of hydrogen-bond donors (Lipinski definition) is 0. The molecule has 0 N–H and O–H groups in total. The van der Waals surface area contributed by atoms with Crippen molar-refractivity contribution in [2.75, 3.05) is 6.61 Å². The first-order chi connectivity index (χ1) is 17.6. The number of ketones is 1. The Balaban J connectivity index is 1.63. The Bertz CT molecular complexity index is 1370. The molecular formula is C29H26F3NO2S2. The van der Waals surface area contributed by atoms with Crippen LogP contribution in [0.1, 0.15) is 39.4 Å². The summed E-state index contributed by atoms with van der Waals surface area (Å²) >= 11 is 3.23. The number of thiazole rings is 1. The summed E-state index contributed by atoms with van der Waals surface area (Å²) in [4.78, 5) is 18.1. The molecule has 0 radical (unpaired) electrons. The van der Waals surface area contributed by atoms with Crippen LogP contribution in [0.25, 0.3) is 10.6 Å². The number of ether oxygens (including phenoxy) is 1. The highest BCUT2D eigenvalue weighted by molar-refractivity contribution is 7.99. The summed E-state index contributed by atoms with van der Waals surface area (Å²) < 4.78 is 44.6. The van der Waals surface area contributed by atoms with E-state index in [9.17, 15) is 18.0 Å². The molecule has 1 aromatic heterocycles. The first kappa shape index (κ1) is 26.9. The average Bonchev–Trinajstić information content (AvgIpc) is 3.25. The van der Waals surface area contributed by atoms with Gasteiger partial charge >= 0.3 is 6.18 Å². The van der Waals surface area contributed by atoms with Crippen LogP contribution in [-0.4, -0.2) is 17.4 Å². The van der Waals surface area contributed by atoms with Crippen LogP contribution >= 0.6 is 23.1 Å². The summed E-state index contributed by atoms with van der Waals surface area (Å²) in [6.45, 7) is 5.43. The van der Waals surface area contributed by atoms with Crippen LogP contribution in [0.4, 0.5) is 13.2 Å². The van der Waals surface area contributed by atoms with Gasteiger partial charge in [-0.05, 0) is 68.7 Å². The Kier molecular flexibility index (Phi) is 8.39. The molecule has 37 heavy (non-hydrogen) atoms. The normalized spacial score (nSPS) is 12.4. The average molecular weight is 542 g/mol. The van der Waals surface area contributed by atoms with Crippen molar-refractivity contribution in [2.24, 2.45) is 0 Å². The number of halogens is 3. The van der Waals surface area contributed by atoms with Gasteiger partial charge in [-0.1, -0.05) is 42.5 Å². The number of rotatable bonds is 9. The molecule has 1 heterocycles. The van der Waals surface area contributed by atoms with Gasteiger partial charge in [0.2, 0.25) is 0 Å². The highest BCUT2D eigenvalue weighted by atomic mass is 32.2. The van der Waals surface area contributed by atoms with Crippen LogP contribution < -0.4 is 4.74 Å². The summed E-state index contributed by atoms with van der Waals surface area (Å²) in [6, 6.07) is 21.2. The summed E-state index contributed by atoms with van der Waals surface area (Å²) in [7, 11) is 0. The second-order valence-electron chi connectivity index (χ2n) is 8.76. The molecule has 3 nitrogen and oxygen atoms in total. The second-order valence-corrected chi connectivity index (χ2v) is 11.1. The monoisotopic (exact) mass is 541 g/mol. The molecule has 4 rings (SSSR count). The van der Waals surface area contributed by atoms with Gasteiger partial charge in [-0.25, -0.2) is 4.98 Å². The molecule has 8 heteroatoms. The van der Waals surface area contributed by atoms with E-state index in [2.05, 4.69) is 12.1 Å². The fraction of sp³-hybridized carbons (Fsp3) is 0.241. The van der Waals surface area contributed by atoms with Crippen LogP contribution in [0.2, 0.25) is 0 Å². The number of carbonyl (C=O) groups is 1. The topological polar surface area (TPSA) is 39.2 Å². The minimum absolute atomic E-state index is 0.0368. The molecule has 0 unspecified atom stereocenters. The van der Waals surface area contributed by atoms with Gasteiger partial charge in [-0.2, -0.15) is 13.2 Å². The molecule has 0 aliphatic carbocycles. The first-order valence-corrected chi connectivity index (χ1v) is 13.4.